The molecule has 0 N–H and O–H groups in total. The van der Waals surface area contributed by atoms with Crippen molar-refractivity contribution < 1.29 is 28.6 Å². The van der Waals surface area contributed by atoms with E-state index in [-0.39, 0.29) is 31.1 Å². The van der Waals surface area contributed by atoms with Crippen molar-refractivity contribution in [3.8, 4) is 0 Å². The van der Waals surface area contributed by atoms with Crippen molar-refractivity contribution in [2.45, 2.75) is 219 Å². The van der Waals surface area contributed by atoms with Gasteiger partial charge in [-0.05, 0) is 19.3 Å². The number of hydrogen-bond acceptors (Lipinski definition) is 6. The number of esters is 3. The van der Waals surface area contributed by atoms with Crippen molar-refractivity contribution >= 4 is 17.9 Å². The molecule has 0 aliphatic heterocycles. The lowest BCUT2D eigenvalue weighted by Crippen LogP contribution is -2.30. The Kier molecular flexibility index (Phi) is 34.0. The summed E-state index contributed by atoms with van der Waals surface area (Å²) in [5.41, 5.74) is 0. The van der Waals surface area contributed by atoms with Crippen LogP contribution in [-0.4, -0.2) is 37.2 Å². The van der Waals surface area contributed by atoms with E-state index in [2.05, 4.69) is 13.8 Å². The van der Waals surface area contributed by atoms with Gasteiger partial charge in [-0.3, -0.25) is 14.4 Å². The van der Waals surface area contributed by atoms with Crippen LogP contribution in [0.2, 0.25) is 0 Å². The van der Waals surface area contributed by atoms with E-state index >= 15 is 0 Å². The number of carbonyl (C=O) groups excluding carboxylic acids is 3. The van der Waals surface area contributed by atoms with E-state index in [1.54, 1.807) is 0 Å². The van der Waals surface area contributed by atoms with Crippen LogP contribution >= 0.6 is 0 Å². The Hall–Kier alpha value is -1.59. The maximum absolute atomic E-state index is 12.5. The maximum Gasteiger partial charge on any atom is 0.306 e. The Balaban J connectivity index is 4.00. The predicted molar refractivity (Wildman–Crippen MR) is 187 cm³/mol. The van der Waals surface area contributed by atoms with E-state index in [0.717, 1.165) is 38.5 Å². The zero-order chi connectivity index (χ0) is 33.1. The zero-order valence-corrected chi connectivity index (χ0v) is 30.2. The number of ether oxygens (including phenoxy) is 3. The Morgan fingerprint density at radius 2 is 0.644 bits per heavy atom. The summed E-state index contributed by atoms with van der Waals surface area (Å²) in [6, 6.07) is 0. The largest absolute Gasteiger partial charge is 0.462 e. The number of hydrogen-bond donors (Lipinski definition) is 0. The fourth-order valence-electron chi connectivity index (χ4n) is 5.66. The molecule has 0 aromatic rings. The van der Waals surface area contributed by atoms with Crippen LogP contribution in [-0.2, 0) is 28.6 Å². The van der Waals surface area contributed by atoms with Gasteiger partial charge >= 0.3 is 17.9 Å². The van der Waals surface area contributed by atoms with Crippen molar-refractivity contribution in [1.29, 1.82) is 0 Å². The minimum Gasteiger partial charge on any atom is -0.462 e. The van der Waals surface area contributed by atoms with Crippen LogP contribution in [0.3, 0.4) is 0 Å². The summed E-state index contributed by atoms with van der Waals surface area (Å²) in [5.74, 6) is -0.925. The molecule has 0 fully saturated rings. The van der Waals surface area contributed by atoms with Crippen molar-refractivity contribution in [3.05, 3.63) is 0 Å². The van der Waals surface area contributed by atoms with Gasteiger partial charge < -0.3 is 14.2 Å². The zero-order valence-electron chi connectivity index (χ0n) is 30.2. The first-order chi connectivity index (χ1) is 22.0. The second kappa shape index (κ2) is 35.3. The number of rotatable bonds is 35. The average Bonchev–Trinajstić information content (AvgIpc) is 3.03. The van der Waals surface area contributed by atoms with Gasteiger partial charge in [0.15, 0.2) is 6.10 Å². The standard InChI is InChI=1S/C39H74O6/c1-4-7-9-11-13-15-17-19-21-23-25-27-29-32-38(41)44-35-36(34-43-37(40)31-6-3)45-39(42)33-30-28-26-24-22-20-18-16-14-12-10-8-5-2/h36H,4-35H2,1-3H3/t36-/m1/s1. The molecular formula is C39H74O6. The highest BCUT2D eigenvalue weighted by molar-refractivity contribution is 5.71. The normalized spacial score (nSPS) is 11.8. The van der Waals surface area contributed by atoms with E-state index in [0.29, 0.717) is 25.7 Å². The van der Waals surface area contributed by atoms with Gasteiger partial charge in [0.1, 0.15) is 13.2 Å². The van der Waals surface area contributed by atoms with E-state index in [1.807, 2.05) is 6.92 Å². The fourth-order valence-corrected chi connectivity index (χ4v) is 5.66. The molecule has 266 valence electrons. The third-order valence-corrected chi connectivity index (χ3v) is 8.58. The molecule has 45 heavy (non-hydrogen) atoms. The van der Waals surface area contributed by atoms with Crippen LogP contribution in [0, 0.1) is 0 Å². The van der Waals surface area contributed by atoms with Crippen molar-refractivity contribution in [1.82, 2.24) is 0 Å². The topological polar surface area (TPSA) is 78.9 Å². The molecule has 0 radical (unpaired) electrons. The van der Waals surface area contributed by atoms with Crippen LogP contribution in [0.4, 0.5) is 0 Å². The van der Waals surface area contributed by atoms with E-state index in [4.69, 9.17) is 14.2 Å². The van der Waals surface area contributed by atoms with Gasteiger partial charge in [0, 0.05) is 19.3 Å². The monoisotopic (exact) mass is 639 g/mol. The van der Waals surface area contributed by atoms with Gasteiger partial charge in [-0.1, -0.05) is 175 Å². The van der Waals surface area contributed by atoms with Crippen molar-refractivity contribution in [2.24, 2.45) is 0 Å². The van der Waals surface area contributed by atoms with Crippen LogP contribution in [0.5, 0.6) is 0 Å². The maximum atomic E-state index is 12.5. The first-order valence-electron chi connectivity index (χ1n) is 19.5. The van der Waals surface area contributed by atoms with Gasteiger partial charge in [0.05, 0.1) is 0 Å². The molecule has 0 aliphatic carbocycles. The smallest absolute Gasteiger partial charge is 0.306 e. The van der Waals surface area contributed by atoms with Crippen LogP contribution in [0.25, 0.3) is 0 Å². The Morgan fingerprint density at radius 3 is 0.978 bits per heavy atom. The lowest BCUT2D eigenvalue weighted by molar-refractivity contribution is -0.167. The molecule has 0 amide bonds. The van der Waals surface area contributed by atoms with E-state index in [9.17, 15) is 14.4 Å². The molecule has 1 atom stereocenters. The van der Waals surface area contributed by atoms with Gasteiger partial charge in [-0.15, -0.1) is 0 Å². The summed E-state index contributed by atoms with van der Waals surface area (Å²) in [6.45, 7) is 6.28. The SMILES string of the molecule is CCCCCCCCCCCCCCCC(=O)OC[C@@H](COC(=O)CCC)OC(=O)CCCCCCCCCCCCCCC. The second-order valence-electron chi connectivity index (χ2n) is 13.2. The molecular weight excluding hydrogens is 564 g/mol. The third-order valence-electron chi connectivity index (χ3n) is 8.58. The Morgan fingerprint density at radius 1 is 0.356 bits per heavy atom. The first kappa shape index (κ1) is 43.4. The molecule has 0 saturated carbocycles. The van der Waals surface area contributed by atoms with Crippen molar-refractivity contribution in [2.75, 3.05) is 13.2 Å². The summed E-state index contributed by atoms with van der Waals surface area (Å²) in [6.07, 6.45) is 33.6. The highest BCUT2D eigenvalue weighted by Gasteiger charge is 2.19. The van der Waals surface area contributed by atoms with Gasteiger partial charge in [-0.2, -0.15) is 0 Å². The van der Waals surface area contributed by atoms with Crippen LogP contribution in [0.15, 0.2) is 0 Å². The lowest BCUT2D eigenvalue weighted by Gasteiger charge is -2.18. The first-order valence-corrected chi connectivity index (χ1v) is 19.5. The van der Waals surface area contributed by atoms with Gasteiger partial charge in [0.25, 0.3) is 0 Å². The Labute approximate surface area is 278 Å². The number of unbranched alkanes of at least 4 members (excludes halogenated alkanes) is 24. The molecule has 0 rings (SSSR count). The second-order valence-corrected chi connectivity index (χ2v) is 13.2. The summed E-state index contributed by atoms with van der Waals surface area (Å²) in [5, 5.41) is 0. The highest BCUT2D eigenvalue weighted by Crippen LogP contribution is 2.15. The van der Waals surface area contributed by atoms with E-state index in [1.165, 1.54) is 128 Å². The van der Waals surface area contributed by atoms with Gasteiger partial charge in [-0.25, -0.2) is 0 Å². The summed E-state index contributed by atoms with van der Waals surface area (Å²) < 4.78 is 16.3. The van der Waals surface area contributed by atoms with Gasteiger partial charge in [0.2, 0.25) is 0 Å². The molecule has 6 nitrogen and oxygen atoms in total. The molecule has 0 unspecified atom stereocenters. The molecule has 6 heteroatoms. The summed E-state index contributed by atoms with van der Waals surface area (Å²) >= 11 is 0. The molecule has 0 spiro atoms. The minimum atomic E-state index is -0.754. The van der Waals surface area contributed by atoms with E-state index < -0.39 is 6.10 Å². The summed E-state index contributed by atoms with van der Waals surface area (Å²) in [4.78, 5) is 36.6. The predicted octanol–water partition coefficient (Wildman–Crippen LogP) is 11.7. The van der Waals surface area contributed by atoms with Crippen molar-refractivity contribution in [3.63, 3.8) is 0 Å². The van der Waals surface area contributed by atoms with Crippen LogP contribution < -0.4 is 0 Å². The molecule has 0 heterocycles. The van der Waals surface area contributed by atoms with Crippen LogP contribution in [0.1, 0.15) is 213 Å². The molecule has 0 bridgehead atoms. The average molecular weight is 639 g/mol. The third kappa shape index (κ3) is 33.6. The molecule has 0 aromatic carbocycles. The fraction of sp³-hybridized carbons (Fsp3) is 0.923. The number of carbonyl (C=O) groups is 3. The lowest BCUT2D eigenvalue weighted by atomic mass is 10.0. The Bertz CT molecular complexity index is 664. The quantitative estimate of drug-likeness (QED) is 0.0390. The highest BCUT2D eigenvalue weighted by atomic mass is 16.6. The molecule has 0 saturated heterocycles. The minimum absolute atomic E-state index is 0.0684. The molecule has 0 aliphatic rings. The molecule has 0 aromatic heterocycles. The summed E-state index contributed by atoms with van der Waals surface area (Å²) in [7, 11) is 0.